The van der Waals surface area contributed by atoms with Gasteiger partial charge in [0, 0.05) is 24.2 Å². The SMILES string of the molecule is CC(=O)OCC(=O)[C@H]1[C@H](C)C[C@H]2[C@@H]3CCC4=CC(=O)C=C[C@]4(C)[C@@]3(F)[C@@H](O)C[C@@]21C. The second-order valence-corrected chi connectivity index (χ2v) is 10.3. The molecule has 1 N–H and O–H groups in total. The number of Topliss-reactive ketones (excluding diaryl/α,β-unsaturated/α-hetero) is 1. The van der Waals surface area contributed by atoms with Crippen LogP contribution in [0.3, 0.4) is 0 Å². The van der Waals surface area contributed by atoms with E-state index in [0.29, 0.717) is 19.3 Å². The molecule has 0 bridgehead atoms. The van der Waals surface area contributed by atoms with Crippen molar-refractivity contribution in [2.75, 3.05) is 6.61 Å². The van der Waals surface area contributed by atoms with Crippen molar-refractivity contribution in [3.63, 3.8) is 0 Å². The van der Waals surface area contributed by atoms with Crippen LogP contribution in [0.4, 0.5) is 4.39 Å². The molecule has 4 aliphatic carbocycles. The summed E-state index contributed by atoms with van der Waals surface area (Å²) < 4.78 is 21.9. The highest BCUT2D eigenvalue weighted by Gasteiger charge is 2.71. The minimum atomic E-state index is -1.88. The molecule has 0 saturated heterocycles. The van der Waals surface area contributed by atoms with E-state index in [-0.39, 0.29) is 42.3 Å². The number of hydrogen-bond donors (Lipinski definition) is 1. The van der Waals surface area contributed by atoms with E-state index in [1.54, 1.807) is 13.0 Å². The third-order valence-corrected chi connectivity index (χ3v) is 8.75. The van der Waals surface area contributed by atoms with E-state index in [0.717, 1.165) is 5.57 Å². The first kappa shape index (κ1) is 21.4. The van der Waals surface area contributed by atoms with Crippen LogP contribution in [0.1, 0.15) is 53.4 Å². The summed E-state index contributed by atoms with van der Waals surface area (Å²) >= 11 is 0. The fraction of sp³-hybridized carbons (Fsp3) is 0.708. The number of allylic oxidation sites excluding steroid dienone is 4. The minimum absolute atomic E-state index is 0.0193. The van der Waals surface area contributed by atoms with Gasteiger partial charge in [0.2, 0.25) is 0 Å². The molecular weight excluding hydrogens is 387 g/mol. The van der Waals surface area contributed by atoms with Crippen LogP contribution in [0.25, 0.3) is 0 Å². The Morgan fingerprint density at radius 2 is 2.00 bits per heavy atom. The van der Waals surface area contributed by atoms with Crippen LogP contribution < -0.4 is 0 Å². The Morgan fingerprint density at radius 3 is 2.67 bits per heavy atom. The third kappa shape index (κ3) is 2.72. The van der Waals surface area contributed by atoms with Gasteiger partial charge in [0.1, 0.15) is 6.61 Å². The first-order valence-corrected chi connectivity index (χ1v) is 10.9. The molecule has 164 valence electrons. The zero-order valence-corrected chi connectivity index (χ0v) is 18.1. The number of aliphatic hydroxyl groups is 1. The summed E-state index contributed by atoms with van der Waals surface area (Å²) in [5.41, 5.74) is -2.70. The molecule has 0 radical (unpaired) electrons. The molecule has 0 unspecified atom stereocenters. The maximum atomic E-state index is 17.0. The summed E-state index contributed by atoms with van der Waals surface area (Å²) in [6, 6.07) is 0. The van der Waals surface area contributed by atoms with Crippen LogP contribution in [-0.2, 0) is 19.1 Å². The Hall–Kier alpha value is -1.82. The molecule has 3 saturated carbocycles. The second-order valence-electron chi connectivity index (χ2n) is 10.3. The lowest BCUT2D eigenvalue weighted by Gasteiger charge is -2.61. The van der Waals surface area contributed by atoms with E-state index in [1.807, 2.05) is 13.8 Å². The quantitative estimate of drug-likeness (QED) is 0.711. The van der Waals surface area contributed by atoms with Crippen molar-refractivity contribution >= 4 is 17.5 Å². The zero-order valence-electron chi connectivity index (χ0n) is 18.1. The fourth-order valence-electron chi connectivity index (χ4n) is 7.53. The monoisotopic (exact) mass is 418 g/mol. The van der Waals surface area contributed by atoms with Crippen molar-refractivity contribution in [1.82, 2.24) is 0 Å². The van der Waals surface area contributed by atoms with E-state index in [2.05, 4.69) is 0 Å². The van der Waals surface area contributed by atoms with Gasteiger partial charge < -0.3 is 9.84 Å². The Labute approximate surface area is 176 Å². The van der Waals surface area contributed by atoms with E-state index < -0.39 is 34.5 Å². The highest BCUT2D eigenvalue weighted by molar-refractivity contribution is 6.01. The maximum Gasteiger partial charge on any atom is 0.303 e. The highest BCUT2D eigenvalue weighted by Crippen LogP contribution is 2.69. The number of hydrogen-bond acceptors (Lipinski definition) is 5. The molecule has 8 atom stereocenters. The summed E-state index contributed by atoms with van der Waals surface area (Å²) in [5, 5.41) is 11.2. The standard InChI is InChI=1S/C24H31FO5/c1-13-9-18-17-6-5-15-10-16(27)7-8-23(15,4)24(17,25)20(29)11-22(18,3)21(13)19(28)12-30-14(2)26/h7-8,10,13,17-18,20-21,29H,5-6,9,11-12H2,1-4H3/t13-,17+,18+,20+,21-,22+,23+,24+/m1/s1. The van der Waals surface area contributed by atoms with E-state index >= 15 is 4.39 Å². The molecular formula is C24H31FO5. The average Bonchev–Trinajstić information content (AvgIpc) is 2.91. The summed E-state index contributed by atoms with van der Waals surface area (Å²) in [6.45, 7) is 6.79. The first-order chi connectivity index (χ1) is 13.9. The minimum Gasteiger partial charge on any atom is -0.458 e. The van der Waals surface area contributed by atoms with Gasteiger partial charge in [0.15, 0.2) is 17.2 Å². The molecule has 0 aromatic heterocycles. The summed E-state index contributed by atoms with van der Waals surface area (Å²) in [5.74, 6) is -1.60. The van der Waals surface area contributed by atoms with Crippen molar-refractivity contribution in [3.8, 4) is 0 Å². The van der Waals surface area contributed by atoms with Crippen LogP contribution in [0.5, 0.6) is 0 Å². The zero-order chi connectivity index (χ0) is 22.1. The molecule has 0 aromatic rings. The van der Waals surface area contributed by atoms with Crippen molar-refractivity contribution in [3.05, 3.63) is 23.8 Å². The molecule has 0 amide bonds. The van der Waals surface area contributed by atoms with Crippen LogP contribution in [0.2, 0.25) is 0 Å². The lowest BCUT2D eigenvalue weighted by atomic mass is 9.45. The topological polar surface area (TPSA) is 80.7 Å². The Morgan fingerprint density at radius 1 is 1.30 bits per heavy atom. The van der Waals surface area contributed by atoms with Gasteiger partial charge in [0.05, 0.1) is 6.10 Å². The molecule has 0 aromatic carbocycles. The molecule has 4 aliphatic rings. The smallest absolute Gasteiger partial charge is 0.303 e. The van der Waals surface area contributed by atoms with E-state index in [4.69, 9.17) is 4.74 Å². The van der Waals surface area contributed by atoms with Crippen molar-refractivity contribution in [2.45, 2.75) is 65.2 Å². The number of carbonyl (C=O) groups is 3. The van der Waals surface area contributed by atoms with Gasteiger partial charge >= 0.3 is 5.97 Å². The number of ether oxygens (including phenoxy) is 1. The van der Waals surface area contributed by atoms with Gasteiger partial charge in [-0.25, -0.2) is 4.39 Å². The fourth-order valence-corrected chi connectivity index (χ4v) is 7.53. The molecule has 0 spiro atoms. The predicted octanol–water partition coefficient (Wildman–Crippen LogP) is 3.35. The molecule has 0 heterocycles. The lowest BCUT2D eigenvalue weighted by Crippen LogP contribution is -2.66. The molecule has 0 aliphatic heterocycles. The Kier molecular flexibility index (Phi) is 4.88. The van der Waals surface area contributed by atoms with Gasteiger partial charge in [-0.3, -0.25) is 14.4 Å². The maximum absolute atomic E-state index is 17.0. The van der Waals surface area contributed by atoms with Crippen LogP contribution >= 0.6 is 0 Å². The number of ketones is 2. The molecule has 5 nitrogen and oxygen atoms in total. The number of fused-ring (bicyclic) bond motifs is 5. The van der Waals surface area contributed by atoms with Crippen molar-refractivity contribution in [2.24, 2.45) is 34.5 Å². The molecule has 6 heteroatoms. The summed E-state index contributed by atoms with van der Waals surface area (Å²) in [6.07, 6.45) is 5.38. The van der Waals surface area contributed by atoms with Crippen LogP contribution in [0.15, 0.2) is 23.8 Å². The van der Waals surface area contributed by atoms with E-state index in [9.17, 15) is 19.5 Å². The van der Waals surface area contributed by atoms with Gasteiger partial charge in [-0.15, -0.1) is 0 Å². The summed E-state index contributed by atoms with van der Waals surface area (Å²) in [7, 11) is 0. The predicted molar refractivity (Wildman–Crippen MR) is 108 cm³/mol. The number of alkyl halides is 1. The largest absolute Gasteiger partial charge is 0.458 e. The van der Waals surface area contributed by atoms with Crippen LogP contribution in [0, 0.1) is 34.5 Å². The van der Waals surface area contributed by atoms with E-state index in [1.165, 1.54) is 19.1 Å². The second kappa shape index (κ2) is 6.84. The van der Waals surface area contributed by atoms with Crippen LogP contribution in [-0.4, -0.2) is 41.0 Å². The highest BCUT2D eigenvalue weighted by atomic mass is 19.1. The number of aliphatic hydroxyl groups excluding tert-OH is 1. The Bertz CT molecular complexity index is 862. The average molecular weight is 419 g/mol. The number of rotatable bonds is 3. The normalized spacial score (nSPS) is 47.1. The number of carbonyl (C=O) groups excluding carboxylic acids is 3. The Balaban J connectivity index is 1.71. The third-order valence-electron chi connectivity index (χ3n) is 8.75. The number of halogens is 1. The van der Waals surface area contributed by atoms with Gasteiger partial charge in [0.25, 0.3) is 0 Å². The van der Waals surface area contributed by atoms with Crippen molar-refractivity contribution < 1.29 is 28.6 Å². The molecule has 3 fully saturated rings. The summed E-state index contributed by atoms with van der Waals surface area (Å²) in [4.78, 5) is 36.1. The first-order valence-electron chi connectivity index (χ1n) is 10.9. The van der Waals surface area contributed by atoms with Gasteiger partial charge in [-0.1, -0.05) is 25.5 Å². The van der Waals surface area contributed by atoms with Crippen molar-refractivity contribution in [1.29, 1.82) is 0 Å². The van der Waals surface area contributed by atoms with Gasteiger partial charge in [-0.2, -0.15) is 0 Å². The number of esters is 1. The van der Waals surface area contributed by atoms with Gasteiger partial charge in [-0.05, 0) is 62.0 Å². The lowest BCUT2D eigenvalue weighted by molar-refractivity contribution is -0.196. The molecule has 30 heavy (non-hydrogen) atoms. The molecule has 4 rings (SSSR count).